The topological polar surface area (TPSA) is 70.7 Å². The van der Waals surface area contributed by atoms with Gasteiger partial charge in [-0.1, -0.05) is 6.07 Å². The highest BCUT2D eigenvalue weighted by Gasteiger charge is 2.24. The van der Waals surface area contributed by atoms with Crippen LogP contribution < -0.4 is 10.6 Å². The predicted octanol–water partition coefficient (Wildman–Crippen LogP) is 0.849. The zero-order valence-corrected chi connectivity index (χ0v) is 12.5. The van der Waals surface area contributed by atoms with E-state index >= 15 is 0 Å². The van der Waals surface area contributed by atoms with Gasteiger partial charge in [0.25, 0.3) is 11.8 Å². The number of anilines is 1. The number of amides is 2. The molecule has 1 aromatic rings. The molecule has 0 bridgehead atoms. The Morgan fingerprint density at radius 1 is 1.27 bits per heavy atom. The Labute approximate surface area is 129 Å². The number of nitrogens with one attached hydrogen (secondary N) is 2. The van der Waals surface area contributed by atoms with Crippen molar-refractivity contribution < 1.29 is 14.3 Å². The first-order chi connectivity index (χ1) is 10.7. The second-order valence-corrected chi connectivity index (χ2v) is 5.61. The smallest absolute Gasteiger partial charge is 0.254 e. The van der Waals surface area contributed by atoms with Gasteiger partial charge < -0.3 is 20.3 Å². The van der Waals surface area contributed by atoms with E-state index in [0.29, 0.717) is 30.9 Å². The molecule has 2 aliphatic heterocycles. The first-order valence-electron chi connectivity index (χ1n) is 7.76. The molecule has 2 saturated heterocycles. The molecule has 6 heteroatoms. The number of hydrogen-bond acceptors (Lipinski definition) is 4. The first-order valence-corrected chi connectivity index (χ1v) is 7.76. The maximum atomic E-state index is 12.5. The van der Waals surface area contributed by atoms with Crippen molar-refractivity contribution in [2.24, 2.45) is 0 Å². The van der Waals surface area contributed by atoms with Crippen molar-refractivity contribution in [3.05, 3.63) is 29.8 Å². The zero-order chi connectivity index (χ0) is 15.4. The van der Waals surface area contributed by atoms with E-state index in [2.05, 4.69) is 10.6 Å². The summed E-state index contributed by atoms with van der Waals surface area (Å²) >= 11 is 0. The standard InChI is InChI=1S/C16H21N3O3/c20-15(14-5-2-10-22-14)18-13-4-1-3-12(11-13)16(21)19-8-6-17-7-9-19/h1,3-4,11,14,17H,2,5-10H2,(H,18,20). The van der Waals surface area contributed by atoms with Crippen LogP contribution in [0.3, 0.4) is 0 Å². The van der Waals surface area contributed by atoms with Gasteiger partial charge in [0.15, 0.2) is 0 Å². The number of ether oxygens (including phenoxy) is 1. The molecular formula is C16H21N3O3. The van der Waals surface area contributed by atoms with Crippen LogP contribution in [0.2, 0.25) is 0 Å². The molecule has 0 saturated carbocycles. The first kappa shape index (κ1) is 15.0. The van der Waals surface area contributed by atoms with E-state index in [1.165, 1.54) is 0 Å². The van der Waals surface area contributed by atoms with Crippen LogP contribution in [0.4, 0.5) is 5.69 Å². The lowest BCUT2D eigenvalue weighted by Crippen LogP contribution is -2.46. The van der Waals surface area contributed by atoms with Gasteiger partial charge in [-0.05, 0) is 31.0 Å². The van der Waals surface area contributed by atoms with Crippen LogP contribution in [0.1, 0.15) is 23.2 Å². The quantitative estimate of drug-likeness (QED) is 0.868. The second-order valence-electron chi connectivity index (χ2n) is 5.61. The van der Waals surface area contributed by atoms with Crippen molar-refractivity contribution in [2.45, 2.75) is 18.9 Å². The summed E-state index contributed by atoms with van der Waals surface area (Å²) in [6, 6.07) is 7.10. The summed E-state index contributed by atoms with van der Waals surface area (Å²) in [6.45, 7) is 3.71. The summed E-state index contributed by atoms with van der Waals surface area (Å²) in [5, 5.41) is 6.06. The summed E-state index contributed by atoms with van der Waals surface area (Å²) in [5.74, 6) is -0.126. The number of piperazine rings is 1. The number of hydrogen-bond donors (Lipinski definition) is 2. The molecule has 6 nitrogen and oxygen atoms in total. The normalized spacial score (nSPS) is 21.6. The van der Waals surface area contributed by atoms with E-state index in [-0.39, 0.29) is 17.9 Å². The molecule has 2 heterocycles. The van der Waals surface area contributed by atoms with E-state index in [4.69, 9.17) is 4.74 Å². The molecule has 0 radical (unpaired) electrons. The summed E-state index contributed by atoms with van der Waals surface area (Å²) in [6.07, 6.45) is 1.30. The Balaban J connectivity index is 1.66. The summed E-state index contributed by atoms with van der Waals surface area (Å²) in [7, 11) is 0. The van der Waals surface area contributed by atoms with Crippen LogP contribution in [0.5, 0.6) is 0 Å². The van der Waals surface area contributed by atoms with Crippen LogP contribution in [-0.2, 0) is 9.53 Å². The predicted molar refractivity (Wildman–Crippen MR) is 82.8 cm³/mol. The fourth-order valence-corrected chi connectivity index (χ4v) is 2.79. The Hall–Kier alpha value is -1.92. The highest BCUT2D eigenvalue weighted by molar-refractivity contribution is 5.98. The average molecular weight is 303 g/mol. The molecule has 3 rings (SSSR count). The van der Waals surface area contributed by atoms with Crippen molar-refractivity contribution >= 4 is 17.5 Å². The van der Waals surface area contributed by atoms with Crippen LogP contribution in [0, 0.1) is 0 Å². The molecule has 22 heavy (non-hydrogen) atoms. The van der Waals surface area contributed by atoms with Crippen LogP contribution in [0.25, 0.3) is 0 Å². The Bertz CT molecular complexity index is 549. The monoisotopic (exact) mass is 303 g/mol. The maximum absolute atomic E-state index is 12.5. The van der Waals surface area contributed by atoms with Gasteiger partial charge in [0.2, 0.25) is 0 Å². The van der Waals surface area contributed by atoms with Crippen molar-refractivity contribution in [3.8, 4) is 0 Å². The lowest BCUT2D eigenvalue weighted by molar-refractivity contribution is -0.124. The third kappa shape index (κ3) is 3.45. The number of carbonyl (C=O) groups excluding carboxylic acids is 2. The van der Waals surface area contributed by atoms with Crippen LogP contribution in [0.15, 0.2) is 24.3 Å². The Morgan fingerprint density at radius 2 is 2.09 bits per heavy atom. The van der Waals surface area contributed by atoms with Gasteiger partial charge in [-0.25, -0.2) is 0 Å². The number of carbonyl (C=O) groups is 2. The molecule has 118 valence electrons. The lowest BCUT2D eigenvalue weighted by Gasteiger charge is -2.27. The second kappa shape index (κ2) is 6.89. The molecule has 0 aliphatic carbocycles. The minimum atomic E-state index is -0.368. The molecule has 2 N–H and O–H groups in total. The Morgan fingerprint density at radius 3 is 2.82 bits per heavy atom. The SMILES string of the molecule is O=C(Nc1cccc(C(=O)N2CCNCC2)c1)C1CCCO1. The van der Waals surface area contributed by atoms with Gasteiger partial charge in [-0.15, -0.1) is 0 Å². The van der Waals surface area contributed by atoms with Crippen molar-refractivity contribution in [1.29, 1.82) is 0 Å². The van der Waals surface area contributed by atoms with Crippen LogP contribution >= 0.6 is 0 Å². The molecule has 1 atom stereocenters. The molecule has 1 unspecified atom stereocenters. The average Bonchev–Trinajstić information content (AvgIpc) is 3.10. The van der Waals surface area contributed by atoms with E-state index in [1.807, 2.05) is 4.90 Å². The van der Waals surface area contributed by atoms with E-state index in [0.717, 1.165) is 25.9 Å². The largest absolute Gasteiger partial charge is 0.368 e. The van der Waals surface area contributed by atoms with Gasteiger partial charge in [-0.3, -0.25) is 9.59 Å². The van der Waals surface area contributed by atoms with E-state index < -0.39 is 0 Å². The van der Waals surface area contributed by atoms with Gasteiger partial charge in [-0.2, -0.15) is 0 Å². The molecule has 2 amide bonds. The minimum absolute atomic E-state index is 0.00900. The summed E-state index contributed by atoms with van der Waals surface area (Å²) in [4.78, 5) is 26.3. The molecule has 0 spiro atoms. The highest BCUT2D eigenvalue weighted by atomic mass is 16.5. The van der Waals surface area contributed by atoms with E-state index in [9.17, 15) is 9.59 Å². The summed E-state index contributed by atoms with van der Waals surface area (Å²) < 4.78 is 5.37. The fraction of sp³-hybridized carbons (Fsp3) is 0.500. The molecule has 1 aromatic carbocycles. The van der Waals surface area contributed by atoms with Gasteiger partial charge in [0.05, 0.1) is 0 Å². The summed E-state index contributed by atoms with van der Waals surface area (Å²) in [5.41, 5.74) is 1.24. The minimum Gasteiger partial charge on any atom is -0.368 e. The number of rotatable bonds is 3. The highest BCUT2D eigenvalue weighted by Crippen LogP contribution is 2.17. The Kier molecular flexibility index (Phi) is 4.70. The molecule has 2 fully saturated rings. The lowest BCUT2D eigenvalue weighted by atomic mass is 10.1. The number of benzene rings is 1. The van der Waals surface area contributed by atoms with Crippen LogP contribution in [-0.4, -0.2) is 55.6 Å². The van der Waals surface area contributed by atoms with E-state index in [1.54, 1.807) is 24.3 Å². The zero-order valence-electron chi connectivity index (χ0n) is 12.5. The van der Waals surface area contributed by atoms with Gasteiger partial charge in [0.1, 0.15) is 6.10 Å². The molecular weight excluding hydrogens is 282 g/mol. The van der Waals surface area contributed by atoms with Gasteiger partial charge in [0, 0.05) is 44.0 Å². The molecule has 0 aromatic heterocycles. The van der Waals surface area contributed by atoms with Crippen molar-refractivity contribution in [2.75, 3.05) is 38.1 Å². The molecule has 2 aliphatic rings. The van der Waals surface area contributed by atoms with Gasteiger partial charge >= 0.3 is 0 Å². The fourth-order valence-electron chi connectivity index (χ4n) is 2.79. The third-order valence-electron chi connectivity index (χ3n) is 4.00. The van der Waals surface area contributed by atoms with Crippen molar-refractivity contribution in [3.63, 3.8) is 0 Å². The van der Waals surface area contributed by atoms with Crippen molar-refractivity contribution in [1.82, 2.24) is 10.2 Å². The number of nitrogens with zero attached hydrogens (tertiary/aromatic N) is 1. The maximum Gasteiger partial charge on any atom is 0.254 e. The third-order valence-corrected chi connectivity index (χ3v) is 4.00.